The summed E-state index contributed by atoms with van der Waals surface area (Å²) in [6.45, 7) is 4.34. The Morgan fingerprint density at radius 1 is 0.417 bits per heavy atom. The molecule has 0 unspecified atom stereocenters. The van der Waals surface area contributed by atoms with Gasteiger partial charge in [-0.25, -0.2) is 0 Å². The first kappa shape index (κ1) is 34.7. The van der Waals surface area contributed by atoms with Gasteiger partial charge in [0.2, 0.25) is 0 Å². The fourth-order valence-electron chi connectivity index (χ4n) is 7.25. The molecule has 0 amide bonds. The van der Waals surface area contributed by atoms with Gasteiger partial charge in [-0.05, 0) is 36.1 Å². The van der Waals surface area contributed by atoms with Crippen LogP contribution in [0.25, 0.3) is 43.8 Å². The van der Waals surface area contributed by atoms with Gasteiger partial charge in [0.15, 0.2) is 0 Å². The second-order valence-corrected chi connectivity index (χ2v) is 12.3. The van der Waals surface area contributed by atoms with E-state index in [-0.39, 0.29) is 40.7 Å². The van der Waals surface area contributed by atoms with E-state index in [0.717, 1.165) is 0 Å². The average Bonchev–Trinajstić information content (AvgIpc) is 3.73. The fourth-order valence-corrected chi connectivity index (χ4v) is 7.25. The second-order valence-electron chi connectivity index (χ2n) is 12.3. The van der Waals surface area contributed by atoms with Crippen molar-refractivity contribution in [3.63, 3.8) is 0 Å². The van der Waals surface area contributed by atoms with E-state index in [9.17, 15) is 0 Å². The van der Waals surface area contributed by atoms with Crippen molar-refractivity contribution in [3.05, 3.63) is 218 Å². The molecule has 0 bridgehead atoms. The van der Waals surface area contributed by atoms with Crippen molar-refractivity contribution >= 4 is 21.5 Å². The van der Waals surface area contributed by atoms with Gasteiger partial charge in [-0.15, -0.1) is 69.1 Å². The Morgan fingerprint density at radius 3 is 1.17 bits per heavy atom. The number of aryl methyl sites for hydroxylation is 2. The Hall–Kier alpha value is -4.59. The summed E-state index contributed by atoms with van der Waals surface area (Å²) in [5, 5.41) is 5.08. The van der Waals surface area contributed by atoms with E-state index >= 15 is 0 Å². The zero-order valence-corrected chi connectivity index (χ0v) is 31.8. The largest absolute Gasteiger partial charge is 4.00 e. The van der Waals surface area contributed by atoms with E-state index < -0.39 is 5.41 Å². The summed E-state index contributed by atoms with van der Waals surface area (Å²) in [4.78, 5) is 0. The summed E-state index contributed by atoms with van der Waals surface area (Å²) >= 11 is 0. The van der Waals surface area contributed by atoms with Crippen LogP contribution in [0, 0.1) is 28.7 Å². The second kappa shape index (κ2) is 14.3. The van der Waals surface area contributed by atoms with Crippen LogP contribution in [-0.2, 0) is 31.3 Å². The molecule has 0 fully saturated rings. The molecule has 0 aliphatic carbocycles. The first-order valence-electron chi connectivity index (χ1n) is 15.8. The van der Waals surface area contributed by atoms with Crippen molar-refractivity contribution in [2.24, 2.45) is 0 Å². The van der Waals surface area contributed by atoms with Gasteiger partial charge in [0.25, 0.3) is 0 Å². The van der Waals surface area contributed by atoms with Crippen molar-refractivity contribution < 1.29 is 25.8 Å². The van der Waals surface area contributed by atoms with Gasteiger partial charge >= 0.3 is 25.8 Å². The topological polar surface area (TPSA) is 0 Å². The third-order valence-electron chi connectivity index (χ3n) is 9.51. The van der Waals surface area contributed by atoms with E-state index in [0.29, 0.717) is 0 Å². The zero-order chi connectivity index (χ0) is 30.4. The molecule has 0 N–H and O–H groups in total. The Labute approximate surface area is 305 Å². The minimum absolute atomic E-state index is 0. The molecule has 8 aromatic rings. The molecule has 0 saturated heterocycles. The van der Waals surface area contributed by atoms with Crippen molar-refractivity contribution in [1.29, 1.82) is 0 Å². The van der Waals surface area contributed by atoms with Crippen LogP contribution < -0.4 is 0 Å². The van der Waals surface area contributed by atoms with E-state index in [1.807, 2.05) is 0 Å². The minimum atomic E-state index is -0.526. The number of hydrogen-bond acceptors (Lipinski definition) is 0. The normalized spacial score (nSPS) is 11.0. The fraction of sp³-hybridized carbons (Fsp3) is 0.0638. The van der Waals surface area contributed by atoms with E-state index in [1.165, 1.54) is 77.2 Å². The third-order valence-corrected chi connectivity index (χ3v) is 9.51. The summed E-state index contributed by atoms with van der Waals surface area (Å²) in [7, 11) is 0. The van der Waals surface area contributed by atoms with Gasteiger partial charge in [-0.1, -0.05) is 144 Å². The van der Waals surface area contributed by atoms with Crippen LogP contribution in [0.2, 0.25) is 0 Å². The molecule has 0 radical (unpaired) electrons. The summed E-state index contributed by atoms with van der Waals surface area (Å²) < 4.78 is 0. The van der Waals surface area contributed by atoms with Crippen LogP contribution in [0.15, 0.2) is 170 Å². The predicted octanol–water partition coefficient (Wildman–Crippen LogP) is 12.7. The van der Waals surface area contributed by atoms with Gasteiger partial charge in [-0.3, -0.25) is 0 Å². The van der Waals surface area contributed by atoms with Crippen LogP contribution in [-0.4, -0.2) is 0 Å². The predicted molar refractivity (Wildman–Crippen MR) is 204 cm³/mol. The van der Waals surface area contributed by atoms with Gasteiger partial charge < -0.3 is 14.9 Å². The summed E-state index contributed by atoms with van der Waals surface area (Å²) in [5.74, 6) is 0. The van der Waals surface area contributed by atoms with Gasteiger partial charge in [0.05, 0.1) is 0 Å². The Morgan fingerprint density at radius 2 is 0.792 bits per heavy atom. The molecule has 0 heterocycles. The first-order valence-corrected chi connectivity index (χ1v) is 15.8. The molecule has 0 aromatic heterocycles. The van der Waals surface area contributed by atoms with E-state index in [2.05, 4.69) is 184 Å². The molecular formula is C47H40Hf. The third kappa shape index (κ3) is 5.86. The molecule has 0 nitrogen and oxygen atoms in total. The summed E-state index contributed by atoms with van der Waals surface area (Å²) in [6.07, 6.45) is 0. The SMILES string of the molecule is Cc1ccc(C(c2ccc(C)cc2)(c2cc3c(-c4ccccc4)cccc3[cH-]2)c2cc3c(-c4ccccc4)cccc3[cH-]2)cc1.[CH3-].[CH3-].[Hf+4]. The van der Waals surface area contributed by atoms with Gasteiger partial charge in [0.1, 0.15) is 0 Å². The Kier molecular flexibility index (Phi) is 10.3. The molecule has 0 spiro atoms. The van der Waals surface area contributed by atoms with Gasteiger partial charge in [-0.2, -0.15) is 12.1 Å². The maximum absolute atomic E-state index is 2.45. The molecule has 8 rings (SSSR count). The molecule has 0 aliphatic heterocycles. The molecule has 0 saturated carbocycles. The molecule has 48 heavy (non-hydrogen) atoms. The van der Waals surface area contributed by atoms with Crippen LogP contribution >= 0.6 is 0 Å². The molecule has 1 heteroatoms. The first-order chi connectivity index (χ1) is 22.1. The molecule has 8 aromatic carbocycles. The number of rotatable bonds is 6. The van der Waals surface area contributed by atoms with Crippen LogP contribution in [0.4, 0.5) is 0 Å². The van der Waals surface area contributed by atoms with Crippen molar-refractivity contribution in [1.82, 2.24) is 0 Å². The molecule has 232 valence electrons. The molecule has 0 atom stereocenters. The van der Waals surface area contributed by atoms with Crippen LogP contribution in [0.5, 0.6) is 0 Å². The average molecular weight is 783 g/mol. The smallest absolute Gasteiger partial charge is 0.358 e. The van der Waals surface area contributed by atoms with Crippen molar-refractivity contribution in [3.8, 4) is 22.3 Å². The van der Waals surface area contributed by atoms with Gasteiger partial charge in [0, 0.05) is 5.41 Å². The maximum atomic E-state index is 2.45. The monoisotopic (exact) mass is 784 g/mol. The van der Waals surface area contributed by atoms with Crippen LogP contribution in [0.1, 0.15) is 33.4 Å². The summed E-state index contributed by atoms with van der Waals surface area (Å²) in [5.41, 5.74) is 12.1. The standard InChI is InChI=1S/C45H34.2CH3.Hf/c1-31-19-23-37(24-20-31)45(38-25-21-32(2)22-26-38,39-27-35-15-9-17-41(43(35)29-39)33-11-5-3-6-12-33)40-28-36-16-10-18-42(44(36)30-40)34-13-7-4-8-14-34;;;/h3-30H,1-2H3;2*1H3;/q-2;2*-1;+4. The molecular weight excluding hydrogens is 743 g/mol. The molecule has 0 aliphatic rings. The number of benzene rings is 6. The summed E-state index contributed by atoms with van der Waals surface area (Å²) in [6, 6.07) is 63.1. The van der Waals surface area contributed by atoms with Crippen molar-refractivity contribution in [2.45, 2.75) is 19.3 Å². The Bertz CT molecular complexity index is 2080. The number of hydrogen-bond donors (Lipinski definition) is 0. The van der Waals surface area contributed by atoms with E-state index in [4.69, 9.17) is 0 Å². The number of fused-ring (bicyclic) bond motifs is 2. The minimum Gasteiger partial charge on any atom is -0.358 e. The zero-order valence-electron chi connectivity index (χ0n) is 28.2. The van der Waals surface area contributed by atoms with Crippen molar-refractivity contribution in [2.75, 3.05) is 0 Å². The Balaban J connectivity index is 0.00000150. The van der Waals surface area contributed by atoms with E-state index in [1.54, 1.807) is 0 Å². The quantitative estimate of drug-likeness (QED) is 0.116. The maximum Gasteiger partial charge on any atom is 4.00 e. The van der Waals surface area contributed by atoms with Crippen LogP contribution in [0.3, 0.4) is 0 Å².